The highest BCUT2D eigenvalue weighted by Gasteiger charge is 2.67. The largest absolute Gasteiger partial charge is 0.498 e. The Morgan fingerprint density at radius 1 is 0.683 bits per heavy atom. The van der Waals surface area contributed by atoms with Crippen LogP contribution in [0.1, 0.15) is 13.3 Å². The molecule has 41 heavy (non-hydrogen) atoms. The number of hydrogen-bond acceptors (Lipinski definition) is 6. The van der Waals surface area contributed by atoms with Gasteiger partial charge >= 0.3 is 17.0 Å². The van der Waals surface area contributed by atoms with Crippen LogP contribution in [-0.2, 0) is 29.2 Å². The number of ether oxygens (including phenoxy) is 1. The van der Waals surface area contributed by atoms with Crippen molar-refractivity contribution in [1.82, 2.24) is 0 Å². The first-order chi connectivity index (χ1) is 19.0. The quantitative estimate of drug-likeness (QED) is 0.184. The molecule has 0 heterocycles. The zero-order valence-corrected chi connectivity index (χ0v) is 23.7. The molecule has 0 saturated carbocycles. The third kappa shape index (κ3) is 6.14. The third-order valence-electron chi connectivity index (χ3n) is 6.27. The molecule has 0 saturated heterocycles. The van der Waals surface area contributed by atoms with Gasteiger partial charge in [0.25, 0.3) is 19.7 Å². The molecule has 3 rings (SSSR count). The number of esters is 1. The molecule has 0 amide bonds. The monoisotopic (exact) mass is 641 g/mol. The molecule has 0 fully saturated rings. The number of halogens is 6. The molecule has 0 aliphatic rings. The molecule has 0 radical (unpaired) electrons. The number of sulfone groups is 2. The average molecular weight is 642 g/mol. The van der Waals surface area contributed by atoms with Gasteiger partial charge in [0.15, 0.2) is 10.2 Å². The Hall–Kier alpha value is -2.96. The number of rotatable bonds is 10. The summed E-state index contributed by atoms with van der Waals surface area (Å²) >= 11 is 0. The van der Waals surface area contributed by atoms with Crippen molar-refractivity contribution in [1.29, 1.82) is 0 Å². The number of hydrogen-bond donors (Lipinski definition) is 0. The van der Waals surface area contributed by atoms with E-state index in [9.17, 15) is 48.0 Å². The standard InChI is InChI=1S/C26H24F6O6PS2/c1-2-38-24(33)22(18-23(40(34,35)25(27,28)29)41(36,37)26(30,31)32)39(19-12-6-3-7-13-19,20-14-8-4-9-15-20)21-16-10-5-11-17-21/h3-17,22-23H,2,18H2,1H3/q+1. The van der Waals surface area contributed by atoms with Crippen LogP contribution in [0.3, 0.4) is 0 Å². The first kappa shape index (κ1) is 32.6. The number of benzene rings is 3. The van der Waals surface area contributed by atoms with Crippen molar-refractivity contribution in [3.63, 3.8) is 0 Å². The topological polar surface area (TPSA) is 94.6 Å². The smallest absolute Gasteiger partial charge is 0.463 e. The average Bonchev–Trinajstić information content (AvgIpc) is 2.91. The van der Waals surface area contributed by atoms with Crippen molar-refractivity contribution < 1.29 is 52.7 Å². The zero-order valence-electron chi connectivity index (χ0n) is 21.2. The minimum Gasteiger partial charge on any atom is -0.463 e. The van der Waals surface area contributed by atoms with E-state index in [0.29, 0.717) is 0 Å². The first-order valence-electron chi connectivity index (χ1n) is 11.9. The predicted molar refractivity (Wildman–Crippen MR) is 144 cm³/mol. The van der Waals surface area contributed by atoms with E-state index in [-0.39, 0.29) is 22.5 Å². The van der Waals surface area contributed by atoms with Gasteiger partial charge < -0.3 is 4.74 Å². The molecule has 0 aromatic heterocycles. The Labute approximate surface area is 233 Å². The molecule has 0 N–H and O–H groups in total. The minimum atomic E-state index is -7.03. The van der Waals surface area contributed by atoms with Crippen LogP contribution >= 0.6 is 7.26 Å². The summed E-state index contributed by atoms with van der Waals surface area (Å²) in [4.78, 5) is 13.7. The molecule has 0 bridgehead atoms. The van der Waals surface area contributed by atoms with Gasteiger partial charge in [-0.05, 0) is 43.3 Å². The molecule has 222 valence electrons. The van der Waals surface area contributed by atoms with Crippen LogP contribution in [0.5, 0.6) is 0 Å². The van der Waals surface area contributed by atoms with Crippen LogP contribution in [0, 0.1) is 0 Å². The van der Waals surface area contributed by atoms with E-state index in [2.05, 4.69) is 0 Å². The van der Waals surface area contributed by atoms with Crippen molar-refractivity contribution in [3.05, 3.63) is 91.0 Å². The van der Waals surface area contributed by atoms with Gasteiger partial charge in [0, 0.05) is 6.42 Å². The maximum Gasteiger partial charge on any atom is 0.498 e. The predicted octanol–water partition coefficient (Wildman–Crippen LogP) is 4.50. The molecule has 0 spiro atoms. The van der Waals surface area contributed by atoms with Gasteiger partial charge in [-0.25, -0.2) is 21.6 Å². The maximum absolute atomic E-state index is 13.7. The second kappa shape index (κ2) is 12.1. The minimum absolute atomic E-state index is 0.267. The Bertz CT molecular complexity index is 1410. The van der Waals surface area contributed by atoms with E-state index in [1.807, 2.05) is 0 Å². The van der Waals surface area contributed by atoms with Crippen molar-refractivity contribution in [2.45, 2.75) is 34.6 Å². The Kier molecular flexibility index (Phi) is 9.61. The fourth-order valence-electron chi connectivity index (χ4n) is 4.53. The highest BCUT2D eigenvalue weighted by atomic mass is 32.3. The summed E-state index contributed by atoms with van der Waals surface area (Å²) in [6.45, 7) is 0.954. The molecule has 1 unspecified atom stereocenters. The van der Waals surface area contributed by atoms with Crippen LogP contribution < -0.4 is 15.9 Å². The van der Waals surface area contributed by atoms with Gasteiger partial charge in [0.1, 0.15) is 23.2 Å². The summed E-state index contributed by atoms with van der Waals surface area (Å²) < 4.78 is 134. The summed E-state index contributed by atoms with van der Waals surface area (Å²) in [7, 11) is -17.8. The molecule has 0 aliphatic carbocycles. The molecular weight excluding hydrogens is 617 g/mol. The summed E-state index contributed by atoms with van der Waals surface area (Å²) in [5.74, 6) is -1.35. The Morgan fingerprint density at radius 3 is 1.27 bits per heavy atom. The van der Waals surface area contributed by atoms with Crippen molar-refractivity contribution in [2.75, 3.05) is 6.61 Å². The van der Waals surface area contributed by atoms with Crippen LogP contribution in [0.4, 0.5) is 26.3 Å². The lowest BCUT2D eigenvalue weighted by molar-refractivity contribution is -0.142. The molecule has 6 nitrogen and oxygen atoms in total. The summed E-state index contributed by atoms with van der Waals surface area (Å²) in [5.41, 5.74) is -14.9. The number of alkyl halides is 6. The molecule has 0 aliphatic heterocycles. The van der Waals surface area contributed by atoms with Crippen LogP contribution in [0.15, 0.2) is 91.0 Å². The van der Waals surface area contributed by atoms with Gasteiger partial charge in [-0.3, -0.25) is 0 Å². The molecule has 3 aromatic carbocycles. The van der Waals surface area contributed by atoms with E-state index in [1.54, 1.807) is 18.2 Å². The van der Waals surface area contributed by atoms with E-state index < -0.39 is 60.6 Å². The molecule has 1 atom stereocenters. The highest BCUT2D eigenvalue weighted by Crippen LogP contribution is 2.62. The number of carbonyl (C=O) groups is 1. The first-order valence-corrected chi connectivity index (χ1v) is 16.8. The second-order valence-electron chi connectivity index (χ2n) is 8.64. The lowest BCUT2D eigenvalue weighted by atomic mass is 10.3. The fraction of sp³-hybridized carbons (Fsp3) is 0.269. The van der Waals surface area contributed by atoms with E-state index in [0.717, 1.165) is 0 Å². The van der Waals surface area contributed by atoms with Crippen molar-refractivity contribution in [2.24, 2.45) is 0 Å². The summed E-state index contributed by atoms with van der Waals surface area (Å²) in [6.07, 6.45) is -1.88. The third-order valence-corrected chi connectivity index (χ3v) is 15.5. The van der Waals surface area contributed by atoms with Crippen LogP contribution in [0.2, 0.25) is 0 Å². The lowest BCUT2D eigenvalue weighted by Gasteiger charge is -2.35. The normalized spacial score (nSPS) is 14.0. The second-order valence-corrected chi connectivity index (χ2v) is 16.8. The highest BCUT2D eigenvalue weighted by molar-refractivity contribution is 8.10. The zero-order chi connectivity index (χ0) is 30.7. The summed E-state index contributed by atoms with van der Waals surface area (Å²) in [5, 5.41) is 0.800. The van der Waals surface area contributed by atoms with E-state index >= 15 is 0 Å². The Balaban J connectivity index is 2.53. The SMILES string of the molecule is CCOC(=O)C(CC(S(=O)(=O)C(F)(F)F)S(=O)(=O)C(F)(F)F)[P+](c1ccccc1)(c1ccccc1)c1ccccc1. The molecule has 3 aromatic rings. The van der Waals surface area contributed by atoms with Gasteiger partial charge in [-0.15, -0.1) is 0 Å². The van der Waals surface area contributed by atoms with Gasteiger partial charge in [-0.2, -0.15) is 26.3 Å². The van der Waals surface area contributed by atoms with E-state index in [1.165, 1.54) is 79.7 Å². The van der Waals surface area contributed by atoms with Crippen LogP contribution in [-0.4, -0.2) is 50.7 Å². The fourth-order valence-corrected chi connectivity index (χ4v) is 13.1. The van der Waals surface area contributed by atoms with Crippen molar-refractivity contribution in [3.8, 4) is 0 Å². The number of carbonyl (C=O) groups excluding carboxylic acids is 1. The molecule has 15 heteroatoms. The van der Waals surface area contributed by atoms with Crippen molar-refractivity contribution >= 4 is 48.8 Å². The van der Waals surface area contributed by atoms with Crippen LogP contribution in [0.25, 0.3) is 0 Å². The molecular formula is C26H24F6O6PS2+. The van der Waals surface area contributed by atoms with Gasteiger partial charge in [0.05, 0.1) is 6.61 Å². The van der Waals surface area contributed by atoms with Gasteiger partial charge in [0.2, 0.25) is 0 Å². The van der Waals surface area contributed by atoms with Gasteiger partial charge in [-0.1, -0.05) is 54.6 Å². The Morgan fingerprint density at radius 2 is 1.00 bits per heavy atom. The maximum atomic E-state index is 13.7. The lowest BCUT2D eigenvalue weighted by Crippen LogP contribution is -2.50. The summed E-state index contributed by atoms with van der Waals surface area (Å²) in [6, 6.07) is 22.8. The van der Waals surface area contributed by atoms with E-state index in [4.69, 9.17) is 4.74 Å².